The average molecular weight is 383 g/mol. The number of hydrogen-bond acceptors (Lipinski definition) is 4. The number of nitrogens with zero attached hydrogens (tertiary/aromatic N) is 2. The van der Waals surface area contributed by atoms with Crippen molar-refractivity contribution in [2.24, 2.45) is 0 Å². The van der Waals surface area contributed by atoms with Crippen molar-refractivity contribution >= 4 is 11.6 Å². The summed E-state index contributed by atoms with van der Waals surface area (Å²) in [6, 6.07) is 12.5. The molecular weight excluding hydrogens is 352 g/mol. The Morgan fingerprint density at radius 3 is 2.36 bits per heavy atom. The highest BCUT2D eigenvalue weighted by molar-refractivity contribution is 5.82. The van der Waals surface area contributed by atoms with Gasteiger partial charge >= 0.3 is 0 Å². The number of hydrogen-bond donors (Lipinski definition) is 0. The highest BCUT2D eigenvalue weighted by atomic mass is 16.5. The number of carbonyl (C=O) groups is 1. The van der Waals surface area contributed by atoms with Crippen LogP contribution in [0, 0.1) is 6.92 Å². The van der Waals surface area contributed by atoms with Gasteiger partial charge in [-0.25, -0.2) is 0 Å². The summed E-state index contributed by atoms with van der Waals surface area (Å²) >= 11 is 0. The van der Waals surface area contributed by atoms with Crippen LogP contribution < -0.4 is 14.4 Å². The van der Waals surface area contributed by atoms with Gasteiger partial charge in [0.15, 0.2) is 11.5 Å². The maximum atomic E-state index is 13.1. The van der Waals surface area contributed by atoms with Crippen molar-refractivity contribution in [1.82, 2.24) is 4.90 Å². The van der Waals surface area contributed by atoms with Crippen LogP contribution in [0.2, 0.25) is 0 Å². The summed E-state index contributed by atoms with van der Waals surface area (Å²) in [5.74, 6) is 1.60. The maximum absolute atomic E-state index is 13.1. The fourth-order valence-electron chi connectivity index (χ4n) is 3.77. The number of amides is 1. The van der Waals surface area contributed by atoms with Crippen molar-refractivity contribution in [3.63, 3.8) is 0 Å². The fraction of sp³-hybridized carbons (Fsp3) is 0.435. The van der Waals surface area contributed by atoms with E-state index in [1.54, 1.807) is 14.2 Å². The van der Waals surface area contributed by atoms with Gasteiger partial charge in [-0.3, -0.25) is 4.79 Å². The summed E-state index contributed by atoms with van der Waals surface area (Å²) < 4.78 is 10.8. The summed E-state index contributed by atoms with van der Waals surface area (Å²) in [6.07, 6.45) is 0.827. The van der Waals surface area contributed by atoms with Crippen LogP contribution in [0.25, 0.3) is 0 Å². The average Bonchev–Trinajstić information content (AvgIpc) is 2.70. The van der Waals surface area contributed by atoms with Gasteiger partial charge in [0.05, 0.1) is 20.8 Å². The number of rotatable bonds is 6. The first kappa shape index (κ1) is 20.1. The molecule has 0 atom stereocenters. The Morgan fingerprint density at radius 1 is 1.11 bits per heavy atom. The van der Waals surface area contributed by atoms with Crippen molar-refractivity contribution in [2.45, 2.75) is 39.8 Å². The van der Waals surface area contributed by atoms with E-state index in [2.05, 4.69) is 37.8 Å². The summed E-state index contributed by atoms with van der Waals surface area (Å²) in [7, 11) is 3.29. The molecule has 1 amide bonds. The molecule has 0 saturated heterocycles. The molecule has 2 aromatic carbocycles. The molecule has 5 nitrogen and oxygen atoms in total. The highest BCUT2D eigenvalue weighted by Crippen LogP contribution is 2.33. The molecule has 5 heteroatoms. The second kappa shape index (κ2) is 8.55. The van der Waals surface area contributed by atoms with Gasteiger partial charge in [0.1, 0.15) is 0 Å². The van der Waals surface area contributed by atoms with Gasteiger partial charge < -0.3 is 19.3 Å². The number of para-hydroxylation sites is 1. The maximum Gasteiger partial charge on any atom is 0.242 e. The van der Waals surface area contributed by atoms with E-state index in [4.69, 9.17) is 9.47 Å². The lowest BCUT2D eigenvalue weighted by Crippen LogP contribution is -2.45. The molecule has 2 aromatic rings. The van der Waals surface area contributed by atoms with Gasteiger partial charge in [-0.1, -0.05) is 18.2 Å². The summed E-state index contributed by atoms with van der Waals surface area (Å²) in [5, 5.41) is 0. The van der Waals surface area contributed by atoms with Crippen LogP contribution in [-0.2, 0) is 17.8 Å². The van der Waals surface area contributed by atoms with Gasteiger partial charge in [0, 0.05) is 24.8 Å². The number of fused-ring (bicyclic) bond motifs is 1. The van der Waals surface area contributed by atoms with E-state index in [-0.39, 0.29) is 11.9 Å². The Balaban J connectivity index is 1.77. The van der Waals surface area contributed by atoms with Crippen LogP contribution in [0.15, 0.2) is 36.4 Å². The topological polar surface area (TPSA) is 42.0 Å². The number of anilines is 1. The SMILES string of the molecule is COc1cc2c(cc1OC)CN(C(=O)CN(c1ccccc1C)C(C)C)CC2. The second-order valence-corrected chi connectivity index (χ2v) is 7.55. The highest BCUT2D eigenvalue weighted by Gasteiger charge is 2.25. The van der Waals surface area contributed by atoms with E-state index in [1.165, 1.54) is 11.1 Å². The molecule has 0 unspecified atom stereocenters. The Morgan fingerprint density at radius 2 is 1.75 bits per heavy atom. The van der Waals surface area contributed by atoms with Crippen LogP contribution in [0.1, 0.15) is 30.5 Å². The van der Waals surface area contributed by atoms with Gasteiger partial charge in [0.25, 0.3) is 0 Å². The first-order valence-electron chi connectivity index (χ1n) is 9.78. The molecule has 1 heterocycles. The van der Waals surface area contributed by atoms with Gasteiger partial charge in [-0.2, -0.15) is 0 Å². The zero-order chi connectivity index (χ0) is 20.3. The van der Waals surface area contributed by atoms with Crippen molar-refractivity contribution in [3.8, 4) is 11.5 Å². The molecule has 0 radical (unpaired) electrons. The van der Waals surface area contributed by atoms with E-state index < -0.39 is 0 Å². The summed E-state index contributed by atoms with van der Waals surface area (Å²) in [5.41, 5.74) is 4.66. The Bertz CT molecular complexity index is 848. The molecule has 0 fully saturated rings. The third-order valence-electron chi connectivity index (χ3n) is 5.42. The molecule has 150 valence electrons. The molecule has 0 spiro atoms. The largest absolute Gasteiger partial charge is 0.493 e. The van der Waals surface area contributed by atoms with Crippen LogP contribution in [0.4, 0.5) is 5.69 Å². The van der Waals surface area contributed by atoms with E-state index in [9.17, 15) is 4.79 Å². The third kappa shape index (κ3) is 4.08. The minimum atomic E-state index is 0.150. The fourth-order valence-corrected chi connectivity index (χ4v) is 3.77. The molecule has 0 aromatic heterocycles. The van der Waals surface area contributed by atoms with E-state index in [1.807, 2.05) is 29.2 Å². The number of ether oxygens (including phenoxy) is 2. The minimum absolute atomic E-state index is 0.150. The quantitative estimate of drug-likeness (QED) is 0.762. The molecule has 3 rings (SSSR count). The smallest absolute Gasteiger partial charge is 0.242 e. The van der Waals surface area contributed by atoms with E-state index in [0.717, 1.165) is 30.0 Å². The number of carbonyl (C=O) groups excluding carboxylic acids is 1. The first-order chi connectivity index (χ1) is 13.4. The molecular formula is C23H30N2O3. The standard InChI is InChI=1S/C23H30N2O3/c1-16(2)25(20-9-7-6-8-17(20)3)15-23(26)24-11-10-18-12-21(27-4)22(28-5)13-19(18)14-24/h6-9,12-13,16H,10-11,14-15H2,1-5H3. The van der Waals surface area contributed by atoms with Crippen LogP contribution in [0.3, 0.4) is 0 Å². The van der Waals surface area contributed by atoms with Gasteiger partial charge in [0.2, 0.25) is 5.91 Å². The first-order valence-corrected chi connectivity index (χ1v) is 9.78. The van der Waals surface area contributed by atoms with Crippen molar-refractivity contribution in [3.05, 3.63) is 53.1 Å². The number of methoxy groups -OCH3 is 2. The predicted octanol–water partition coefficient (Wildman–Crippen LogP) is 3.81. The molecule has 0 aliphatic carbocycles. The number of benzene rings is 2. The second-order valence-electron chi connectivity index (χ2n) is 7.55. The van der Waals surface area contributed by atoms with Gasteiger partial charge in [-0.15, -0.1) is 0 Å². The lowest BCUT2D eigenvalue weighted by molar-refractivity contribution is -0.130. The lowest BCUT2D eigenvalue weighted by Gasteiger charge is -2.34. The van der Waals surface area contributed by atoms with Gasteiger partial charge in [-0.05, 0) is 62.1 Å². The zero-order valence-electron chi connectivity index (χ0n) is 17.5. The van der Waals surface area contributed by atoms with Crippen LogP contribution in [0.5, 0.6) is 11.5 Å². The molecule has 1 aliphatic heterocycles. The van der Waals surface area contributed by atoms with Crippen molar-refractivity contribution < 1.29 is 14.3 Å². The third-order valence-corrected chi connectivity index (χ3v) is 5.42. The monoisotopic (exact) mass is 382 g/mol. The molecule has 28 heavy (non-hydrogen) atoms. The Labute approximate surface area is 167 Å². The molecule has 0 saturated carbocycles. The summed E-state index contributed by atoms with van der Waals surface area (Å²) in [6.45, 7) is 8.05. The van der Waals surface area contributed by atoms with Crippen LogP contribution in [-0.4, -0.2) is 44.2 Å². The Hall–Kier alpha value is -2.69. The summed E-state index contributed by atoms with van der Waals surface area (Å²) in [4.78, 5) is 17.2. The van der Waals surface area contributed by atoms with E-state index >= 15 is 0 Å². The number of aryl methyl sites for hydroxylation is 1. The molecule has 0 bridgehead atoms. The van der Waals surface area contributed by atoms with Crippen molar-refractivity contribution in [1.29, 1.82) is 0 Å². The van der Waals surface area contributed by atoms with Crippen molar-refractivity contribution in [2.75, 3.05) is 32.2 Å². The molecule has 1 aliphatic rings. The predicted molar refractivity (Wildman–Crippen MR) is 112 cm³/mol. The Kier molecular flexibility index (Phi) is 6.12. The van der Waals surface area contributed by atoms with E-state index in [0.29, 0.717) is 18.8 Å². The molecule has 0 N–H and O–H groups in total. The zero-order valence-corrected chi connectivity index (χ0v) is 17.5. The lowest BCUT2D eigenvalue weighted by atomic mass is 9.98. The minimum Gasteiger partial charge on any atom is -0.493 e. The van der Waals surface area contributed by atoms with Crippen LogP contribution >= 0.6 is 0 Å². The normalized spacial score (nSPS) is 13.3.